The number of hydrogen-bond donors (Lipinski definition) is 1. The summed E-state index contributed by atoms with van der Waals surface area (Å²) >= 11 is 1.03. The molecule has 7 heteroatoms. The summed E-state index contributed by atoms with van der Waals surface area (Å²) in [7, 11) is 0. The lowest BCUT2D eigenvalue weighted by Crippen LogP contribution is -2.13. The van der Waals surface area contributed by atoms with Crippen LogP contribution < -0.4 is 5.43 Å². The third-order valence-electron chi connectivity index (χ3n) is 4.49. The number of rotatable bonds is 7. The largest absolute Gasteiger partial charge is 0.411 e. The van der Waals surface area contributed by atoms with Crippen LogP contribution in [0.4, 0.5) is 5.69 Å². The van der Waals surface area contributed by atoms with E-state index in [1.807, 2.05) is 72.8 Å². The van der Waals surface area contributed by atoms with Crippen LogP contribution in [-0.4, -0.2) is 21.0 Å². The van der Waals surface area contributed by atoms with E-state index in [2.05, 4.69) is 27.6 Å². The number of carbonyl (C=O) groups is 1. The Hall–Kier alpha value is -3.71. The van der Waals surface area contributed by atoms with Gasteiger partial charge < -0.3 is 4.42 Å². The number of nitrogens with one attached hydrogen (secondary N) is 1. The molecule has 4 rings (SSSR count). The highest BCUT2D eigenvalue weighted by Crippen LogP contribution is 2.26. The number of benzene rings is 3. The number of aromatic nitrogens is 2. The van der Waals surface area contributed by atoms with E-state index in [4.69, 9.17) is 4.42 Å². The van der Waals surface area contributed by atoms with Crippen molar-refractivity contribution < 1.29 is 9.21 Å². The number of Topliss-reactive ketones (excluding diaryl/α,β-unsaturated/α-hetero) is 1. The average Bonchev–Trinajstić information content (AvgIpc) is 3.31. The van der Waals surface area contributed by atoms with Crippen molar-refractivity contribution in [3.05, 3.63) is 96.1 Å². The van der Waals surface area contributed by atoms with E-state index >= 15 is 0 Å². The van der Waals surface area contributed by atoms with Crippen LogP contribution in [0.15, 0.2) is 99.7 Å². The van der Waals surface area contributed by atoms with Crippen molar-refractivity contribution in [3.8, 4) is 11.5 Å². The normalized spacial score (nSPS) is 11.3. The molecule has 0 atom stereocenters. The molecule has 1 heterocycles. The van der Waals surface area contributed by atoms with Gasteiger partial charge in [0.05, 0.1) is 5.69 Å². The Morgan fingerprint density at radius 1 is 0.935 bits per heavy atom. The molecule has 1 N–H and O–H groups in total. The highest BCUT2D eigenvalue weighted by Gasteiger charge is 2.20. The molecule has 0 aliphatic heterocycles. The zero-order valence-corrected chi connectivity index (χ0v) is 17.7. The zero-order chi connectivity index (χ0) is 21.5. The summed E-state index contributed by atoms with van der Waals surface area (Å²) < 4.78 is 5.79. The second-order valence-electron chi connectivity index (χ2n) is 6.62. The first-order valence-electron chi connectivity index (χ1n) is 9.82. The minimum Gasteiger partial charge on any atom is -0.411 e. The number of hydrogen-bond acceptors (Lipinski definition) is 7. The molecular weight excluding hydrogens is 408 g/mol. The number of nitrogens with zero attached hydrogens (tertiary/aromatic N) is 3. The van der Waals surface area contributed by atoms with Gasteiger partial charge in [-0.3, -0.25) is 10.2 Å². The van der Waals surface area contributed by atoms with Gasteiger partial charge in [0.25, 0.3) is 5.22 Å². The van der Waals surface area contributed by atoms with Crippen molar-refractivity contribution >= 4 is 28.3 Å². The fourth-order valence-electron chi connectivity index (χ4n) is 2.79. The molecular formula is C24H20N4O2S. The molecule has 0 fully saturated rings. The second-order valence-corrected chi connectivity index (χ2v) is 7.56. The maximum absolute atomic E-state index is 13.0. The summed E-state index contributed by atoms with van der Waals surface area (Å²) in [5.74, 6) is 0.161. The molecule has 6 nitrogen and oxygen atoms in total. The van der Waals surface area contributed by atoms with Crippen LogP contribution in [0, 0.1) is 0 Å². The Morgan fingerprint density at radius 2 is 1.61 bits per heavy atom. The van der Waals surface area contributed by atoms with Gasteiger partial charge in [0, 0.05) is 11.1 Å². The smallest absolute Gasteiger partial charge is 0.283 e. The van der Waals surface area contributed by atoms with E-state index in [1.165, 1.54) is 5.56 Å². The van der Waals surface area contributed by atoms with E-state index < -0.39 is 0 Å². The van der Waals surface area contributed by atoms with Gasteiger partial charge in [0.15, 0.2) is 5.04 Å². The first-order chi connectivity index (χ1) is 15.2. The topological polar surface area (TPSA) is 80.4 Å². The summed E-state index contributed by atoms with van der Waals surface area (Å²) in [5, 5.41) is 13.0. The number of hydrazone groups is 1. The van der Waals surface area contributed by atoms with Crippen LogP contribution in [0.5, 0.6) is 0 Å². The van der Waals surface area contributed by atoms with Crippen molar-refractivity contribution in [2.45, 2.75) is 18.6 Å². The van der Waals surface area contributed by atoms with Crippen molar-refractivity contribution in [2.24, 2.45) is 5.10 Å². The minimum atomic E-state index is -0.235. The molecule has 4 aromatic rings. The van der Waals surface area contributed by atoms with Crippen LogP contribution in [0.3, 0.4) is 0 Å². The quantitative estimate of drug-likeness (QED) is 0.134. The van der Waals surface area contributed by atoms with E-state index in [-0.39, 0.29) is 16.0 Å². The highest BCUT2D eigenvalue weighted by atomic mass is 32.2. The molecule has 0 saturated carbocycles. The van der Waals surface area contributed by atoms with Gasteiger partial charge in [-0.1, -0.05) is 67.6 Å². The van der Waals surface area contributed by atoms with Gasteiger partial charge >= 0.3 is 0 Å². The van der Waals surface area contributed by atoms with Crippen LogP contribution in [0.1, 0.15) is 22.8 Å². The number of para-hydroxylation sites is 1. The van der Waals surface area contributed by atoms with E-state index in [9.17, 15) is 4.79 Å². The summed E-state index contributed by atoms with van der Waals surface area (Å²) in [6.45, 7) is 2.10. The SMILES string of the molecule is CCc1ccc(-c2nnc(SC(=NNc3ccccc3)C(=O)c3ccccc3)o2)cc1. The van der Waals surface area contributed by atoms with Gasteiger partial charge in [-0.25, -0.2) is 0 Å². The van der Waals surface area contributed by atoms with E-state index in [0.29, 0.717) is 11.5 Å². The number of carbonyl (C=O) groups excluding carboxylic acids is 1. The lowest BCUT2D eigenvalue weighted by molar-refractivity contribution is 0.106. The van der Waals surface area contributed by atoms with Gasteiger partial charge in [-0.05, 0) is 48.0 Å². The molecule has 0 radical (unpaired) electrons. The van der Waals surface area contributed by atoms with E-state index in [1.54, 1.807) is 12.1 Å². The standard InChI is InChI=1S/C24H20N4O2S/c1-2-17-13-15-19(16-14-17)22-26-28-24(30-22)31-23(21(29)18-9-5-3-6-10-18)27-25-20-11-7-4-8-12-20/h3-16,25H,2H2,1H3. The monoisotopic (exact) mass is 428 g/mol. The predicted molar refractivity (Wildman–Crippen MR) is 123 cm³/mol. The van der Waals surface area contributed by atoms with Crippen molar-refractivity contribution in [3.63, 3.8) is 0 Å². The number of thioether (sulfide) groups is 1. The molecule has 0 amide bonds. The maximum atomic E-state index is 13.0. The average molecular weight is 429 g/mol. The molecule has 31 heavy (non-hydrogen) atoms. The third kappa shape index (κ3) is 5.26. The predicted octanol–water partition coefficient (Wildman–Crippen LogP) is 5.70. The Balaban J connectivity index is 1.58. The van der Waals surface area contributed by atoms with Gasteiger partial charge in [0.1, 0.15) is 0 Å². The highest BCUT2D eigenvalue weighted by molar-refractivity contribution is 8.15. The maximum Gasteiger partial charge on any atom is 0.283 e. The van der Waals surface area contributed by atoms with Gasteiger partial charge in [-0.15, -0.1) is 10.2 Å². The number of ketones is 1. The molecule has 0 aliphatic rings. The molecule has 0 bridgehead atoms. The summed E-state index contributed by atoms with van der Waals surface area (Å²) in [6.07, 6.45) is 0.959. The summed E-state index contributed by atoms with van der Waals surface area (Å²) in [4.78, 5) is 13.0. The van der Waals surface area contributed by atoms with E-state index in [0.717, 1.165) is 29.4 Å². The van der Waals surface area contributed by atoms with Crippen molar-refractivity contribution in [1.29, 1.82) is 0 Å². The van der Waals surface area contributed by atoms with Crippen molar-refractivity contribution in [2.75, 3.05) is 5.43 Å². The van der Waals surface area contributed by atoms with Crippen LogP contribution in [-0.2, 0) is 6.42 Å². The first-order valence-corrected chi connectivity index (χ1v) is 10.6. The Labute approximate surface area is 184 Å². The second kappa shape index (κ2) is 9.86. The lowest BCUT2D eigenvalue weighted by atomic mass is 10.1. The Bertz CT molecular complexity index is 1170. The fraction of sp³-hybridized carbons (Fsp3) is 0.0833. The van der Waals surface area contributed by atoms with Crippen LogP contribution >= 0.6 is 11.8 Å². The Morgan fingerprint density at radius 3 is 2.29 bits per heavy atom. The molecule has 0 aliphatic carbocycles. The number of aryl methyl sites for hydroxylation is 1. The lowest BCUT2D eigenvalue weighted by Gasteiger charge is -2.05. The Kier molecular flexibility index (Phi) is 6.54. The summed E-state index contributed by atoms with van der Waals surface area (Å²) in [5.41, 5.74) is 6.27. The molecule has 0 unspecified atom stereocenters. The fourth-order valence-corrected chi connectivity index (χ4v) is 3.46. The van der Waals surface area contributed by atoms with Gasteiger partial charge in [0.2, 0.25) is 11.7 Å². The molecule has 0 spiro atoms. The minimum absolute atomic E-state index is 0.201. The molecule has 3 aromatic carbocycles. The third-order valence-corrected chi connectivity index (χ3v) is 5.30. The molecule has 1 aromatic heterocycles. The molecule has 0 saturated heterocycles. The van der Waals surface area contributed by atoms with Crippen molar-refractivity contribution in [1.82, 2.24) is 10.2 Å². The summed E-state index contributed by atoms with van der Waals surface area (Å²) in [6, 6.07) is 26.3. The van der Waals surface area contributed by atoms with Crippen LogP contribution in [0.25, 0.3) is 11.5 Å². The zero-order valence-electron chi connectivity index (χ0n) is 16.9. The molecule has 154 valence electrons. The first kappa shape index (κ1) is 20.6. The number of anilines is 1. The van der Waals surface area contributed by atoms with Gasteiger partial charge in [-0.2, -0.15) is 5.10 Å². The van der Waals surface area contributed by atoms with Crippen LogP contribution in [0.2, 0.25) is 0 Å².